The summed E-state index contributed by atoms with van der Waals surface area (Å²) in [5.41, 5.74) is 1.60. The summed E-state index contributed by atoms with van der Waals surface area (Å²) in [5.74, 6) is 0.723. The van der Waals surface area contributed by atoms with Gasteiger partial charge in [0.15, 0.2) is 0 Å². The van der Waals surface area contributed by atoms with E-state index in [0.29, 0.717) is 12.1 Å². The lowest BCUT2D eigenvalue weighted by atomic mass is 10.1. The molecule has 1 N–H and O–H groups in total. The standard InChI is InChI=1S/C15H21FN4/c1-10(2)20-15(18-9-19-20)8-17-12(4)13-6-5-11(3)14(16)7-13/h5-7,9-10,12,17H,8H2,1-4H3. The van der Waals surface area contributed by atoms with Crippen LogP contribution >= 0.6 is 0 Å². The molecule has 1 atom stereocenters. The summed E-state index contributed by atoms with van der Waals surface area (Å²) in [5, 5.41) is 7.55. The van der Waals surface area contributed by atoms with Crippen molar-refractivity contribution in [3.63, 3.8) is 0 Å². The molecule has 108 valence electrons. The van der Waals surface area contributed by atoms with Gasteiger partial charge >= 0.3 is 0 Å². The Kier molecular flexibility index (Phi) is 4.49. The fourth-order valence-corrected chi connectivity index (χ4v) is 2.07. The highest BCUT2D eigenvalue weighted by Crippen LogP contribution is 2.17. The van der Waals surface area contributed by atoms with Crippen LogP contribution in [0, 0.1) is 12.7 Å². The highest BCUT2D eigenvalue weighted by Gasteiger charge is 2.11. The molecule has 0 spiro atoms. The molecule has 5 heteroatoms. The maximum Gasteiger partial charge on any atom is 0.141 e. The van der Waals surface area contributed by atoms with Crippen molar-refractivity contribution in [2.45, 2.75) is 46.3 Å². The first-order valence-electron chi connectivity index (χ1n) is 6.87. The van der Waals surface area contributed by atoms with Crippen molar-refractivity contribution in [3.8, 4) is 0 Å². The average molecular weight is 276 g/mol. The topological polar surface area (TPSA) is 42.7 Å². The molecule has 0 aliphatic rings. The van der Waals surface area contributed by atoms with Crippen molar-refractivity contribution in [2.24, 2.45) is 0 Å². The van der Waals surface area contributed by atoms with Crippen LogP contribution in [0.3, 0.4) is 0 Å². The normalized spacial score (nSPS) is 12.9. The van der Waals surface area contributed by atoms with Gasteiger partial charge in [0.2, 0.25) is 0 Å². The van der Waals surface area contributed by atoms with Gasteiger partial charge in [0, 0.05) is 12.1 Å². The third-order valence-corrected chi connectivity index (χ3v) is 3.40. The molecule has 0 saturated heterocycles. The molecule has 0 fully saturated rings. The van der Waals surface area contributed by atoms with E-state index in [0.717, 1.165) is 11.4 Å². The minimum absolute atomic E-state index is 0.0578. The third kappa shape index (κ3) is 3.22. The molecule has 2 rings (SSSR count). The maximum atomic E-state index is 13.6. The van der Waals surface area contributed by atoms with Crippen LogP contribution in [0.1, 0.15) is 49.8 Å². The zero-order valence-corrected chi connectivity index (χ0v) is 12.4. The number of hydrogen-bond donors (Lipinski definition) is 1. The second kappa shape index (κ2) is 6.13. The van der Waals surface area contributed by atoms with E-state index < -0.39 is 0 Å². The summed E-state index contributed by atoms with van der Waals surface area (Å²) >= 11 is 0. The van der Waals surface area contributed by atoms with Gasteiger partial charge < -0.3 is 5.32 Å². The molecular weight excluding hydrogens is 255 g/mol. The Morgan fingerprint density at radius 1 is 1.30 bits per heavy atom. The Morgan fingerprint density at radius 2 is 2.05 bits per heavy atom. The molecule has 1 aromatic carbocycles. The predicted molar refractivity (Wildman–Crippen MR) is 76.8 cm³/mol. The minimum atomic E-state index is -0.165. The van der Waals surface area contributed by atoms with Crippen LogP contribution in [-0.2, 0) is 6.54 Å². The molecule has 2 aromatic rings. The van der Waals surface area contributed by atoms with Crippen molar-refractivity contribution in [1.82, 2.24) is 20.1 Å². The fraction of sp³-hybridized carbons (Fsp3) is 0.467. The molecule has 20 heavy (non-hydrogen) atoms. The van der Waals surface area contributed by atoms with Crippen LogP contribution < -0.4 is 5.32 Å². The van der Waals surface area contributed by atoms with E-state index in [1.54, 1.807) is 25.4 Å². The van der Waals surface area contributed by atoms with E-state index in [2.05, 4.69) is 29.2 Å². The van der Waals surface area contributed by atoms with Crippen molar-refractivity contribution in [1.29, 1.82) is 0 Å². The maximum absolute atomic E-state index is 13.6. The Morgan fingerprint density at radius 3 is 2.70 bits per heavy atom. The van der Waals surface area contributed by atoms with Gasteiger partial charge in [0.05, 0.1) is 6.54 Å². The first-order chi connectivity index (χ1) is 9.49. The van der Waals surface area contributed by atoms with Crippen LogP contribution in [0.4, 0.5) is 4.39 Å². The minimum Gasteiger partial charge on any atom is -0.303 e. The van der Waals surface area contributed by atoms with Gasteiger partial charge in [-0.05, 0) is 44.9 Å². The molecule has 0 bridgehead atoms. The van der Waals surface area contributed by atoms with Crippen molar-refractivity contribution in [3.05, 3.63) is 47.3 Å². The van der Waals surface area contributed by atoms with E-state index in [9.17, 15) is 4.39 Å². The van der Waals surface area contributed by atoms with Crippen LogP contribution in [0.5, 0.6) is 0 Å². The monoisotopic (exact) mass is 276 g/mol. The van der Waals surface area contributed by atoms with E-state index in [1.807, 2.05) is 17.7 Å². The molecule has 4 nitrogen and oxygen atoms in total. The van der Waals surface area contributed by atoms with Crippen LogP contribution in [0.15, 0.2) is 24.5 Å². The molecular formula is C15H21FN4. The highest BCUT2D eigenvalue weighted by molar-refractivity contribution is 5.25. The summed E-state index contributed by atoms with van der Waals surface area (Å²) in [4.78, 5) is 4.25. The van der Waals surface area contributed by atoms with E-state index in [4.69, 9.17) is 0 Å². The summed E-state index contributed by atoms with van der Waals surface area (Å²) in [6.07, 6.45) is 1.56. The number of halogens is 1. The van der Waals surface area contributed by atoms with Crippen LogP contribution in [0.25, 0.3) is 0 Å². The van der Waals surface area contributed by atoms with Crippen molar-refractivity contribution < 1.29 is 4.39 Å². The first kappa shape index (κ1) is 14.7. The summed E-state index contributed by atoms with van der Waals surface area (Å²) in [6, 6.07) is 5.67. The molecule has 0 amide bonds. The number of hydrogen-bond acceptors (Lipinski definition) is 3. The van der Waals surface area contributed by atoms with Gasteiger partial charge in [0.1, 0.15) is 18.0 Å². The molecule has 0 aliphatic heterocycles. The SMILES string of the molecule is Cc1ccc(C(C)NCc2ncnn2C(C)C)cc1F. The molecule has 0 aliphatic carbocycles. The Balaban J connectivity index is 2.03. The van der Waals surface area contributed by atoms with E-state index in [1.165, 1.54) is 0 Å². The quantitative estimate of drug-likeness (QED) is 0.912. The molecule has 1 aromatic heterocycles. The smallest absolute Gasteiger partial charge is 0.141 e. The Bertz CT molecular complexity index is 577. The first-order valence-corrected chi connectivity index (χ1v) is 6.87. The van der Waals surface area contributed by atoms with E-state index >= 15 is 0 Å². The molecule has 1 heterocycles. The highest BCUT2D eigenvalue weighted by atomic mass is 19.1. The third-order valence-electron chi connectivity index (χ3n) is 3.40. The Labute approximate surface area is 119 Å². The summed E-state index contributed by atoms with van der Waals surface area (Å²) < 4.78 is 15.5. The van der Waals surface area contributed by atoms with Crippen molar-refractivity contribution in [2.75, 3.05) is 0 Å². The van der Waals surface area contributed by atoms with Gasteiger partial charge in [-0.15, -0.1) is 0 Å². The molecule has 0 radical (unpaired) electrons. The van der Waals surface area contributed by atoms with Crippen molar-refractivity contribution >= 4 is 0 Å². The number of nitrogens with zero attached hydrogens (tertiary/aromatic N) is 3. The zero-order chi connectivity index (χ0) is 14.7. The number of aromatic nitrogens is 3. The Hall–Kier alpha value is -1.75. The average Bonchev–Trinajstić information content (AvgIpc) is 2.87. The molecule has 0 saturated carbocycles. The van der Waals surface area contributed by atoms with Crippen LogP contribution in [-0.4, -0.2) is 14.8 Å². The lowest BCUT2D eigenvalue weighted by molar-refractivity contribution is 0.473. The lowest BCUT2D eigenvalue weighted by Crippen LogP contribution is -2.21. The summed E-state index contributed by atoms with van der Waals surface area (Å²) in [6.45, 7) is 8.52. The zero-order valence-electron chi connectivity index (χ0n) is 12.4. The second-order valence-corrected chi connectivity index (χ2v) is 5.33. The van der Waals surface area contributed by atoms with Gasteiger partial charge in [-0.3, -0.25) is 0 Å². The predicted octanol–water partition coefficient (Wildman–Crippen LogP) is 3.16. The largest absolute Gasteiger partial charge is 0.303 e. The fourth-order valence-electron chi connectivity index (χ4n) is 2.07. The van der Waals surface area contributed by atoms with Gasteiger partial charge in [-0.2, -0.15) is 5.10 Å². The molecule has 1 unspecified atom stereocenters. The number of nitrogens with one attached hydrogen (secondary N) is 1. The van der Waals surface area contributed by atoms with E-state index in [-0.39, 0.29) is 17.9 Å². The van der Waals surface area contributed by atoms with Gasteiger partial charge in [0.25, 0.3) is 0 Å². The number of benzene rings is 1. The number of aryl methyl sites for hydroxylation is 1. The second-order valence-electron chi connectivity index (χ2n) is 5.33. The summed E-state index contributed by atoms with van der Waals surface area (Å²) in [7, 11) is 0. The lowest BCUT2D eigenvalue weighted by Gasteiger charge is -2.16. The number of rotatable bonds is 5. The van der Waals surface area contributed by atoms with Gasteiger partial charge in [-0.1, -0.05) is 12.1 Å². The van der Waals surface area contributed by atoms with Crippen LogP contribution in [0.2, 0.25) is 0 Å². The van der Waals surface area contributed by atoms with Gasteiger partial charge in [-0.25, -0.2) is 14.1 Å².